The Bertz CT molecular complexity index is 452. The lowest BCUT2D eigenvalue weighted by Crippen LogP contribution is -2.04. The molecular weight excluding hydrogens is 258 g/mol. The largest absolute Gasteiger partial charge is 0.403 e. The third-order valence-corrected chi connectivity index (χ3v) is 2.67. The molecule has 0 fully saturated rings. The first-order valence-electron chi connectivity index (χ1n) is 4.68. The topological polar surface area (TPSA) is 38.7 Å². The van der Waals surface area contributed by atoms with Crippen LogP contribution in [0.25, 0.3) is 0 Å². The van der Waals surface area contributed by atoms with Crippen LogP contribution in [0.3, 0.4) is 0 Å². The number of cyclic esters (lactones) is 1. The number of hydrogen-bond donors (Lipinski definition) is 0. The van der Waals surface area contributed by atoms with Crippen LogP contribution >= 0.6 is 15.9 Å². The highest BCUT2D eigenvalue weighted by molar-refractivity contribution is 9.10. The van der Waals surface area contributed by atoms with E-state index < -0.39 is 0 Å². The number of esters is 1. The summed E-state index contributed by atoms with van der Waals surface area (Å²) in [7, 11) is 0. The molecule has 0 spiro atoms. The minimum atomic E-state index is -0.328. The molecule has 0 radical (unpaired) electrons. The van der Waals surface area contributed by atoms with Gasteiger partial charge in [0, 0.05) is 10.5 Å². The molecule has 0 amide bonds. The molecule has 4 heteroatoms. The maximum Gasteiger partial charge on any atom is 0.345 e. The van der Waals surface area contributed by atoms with Crippen LogP contribution < -0.4 is 0 Å². The Hall–Kier alpha value is -1.16. The highest BCUT2D eigenvalue weighted by Crippen LogP contribution is 2.28. The first-order chi connectivity index (χ1) is 7.09. The van der Waals surface area contributed by atoms with E-state index in [0.717, 1.165) is 10.0 Å². The fourth-order valence-corrected chi connectivity index (χ4v) is 1.97. The van der Waals surface area contributed by atoms with Gasteiger partial charge in [0.05, 0.1) is 11.1 Å². The SMILES string of the molecule is CC(C)N=C1OC(=O)c2cccc(Br)c21. The van der Waals surface area contributed by atoms with E-state index in [1.54, 1.807) is 6.07 Å². The predicted molar refractivity (Wildman–Crippen MR) is 61.2 cm³/mol. The average Bonchev–Trinajstić information content (AvgIpc) is 2.44. The molecule has 0 aromatic heterocycles. The summed E-state index contributed by atoms with van der Waals surface area (Å²) in [6.07, 6.45) is 0. The van der Waals surface area contributed by atoms with E-state index in [1.807, 2.05) is 26.0 Å². The molecule has 1 aromatic carbocycles. The summed E-state index contributed by atoms with van der Waals surface area (Å²) in [6, 6.07) is 5.52. The van der Waals surface area contributed by atoms with Crippen molar-refractivity contribution in [1.82, 2.24) is 0 Å². The average molecular weight is 268 g/mol. The van der Waals surface area contributed by atoms with Gasteiger partial charge in [0.1, 0.15) is 0 Å². The quantitative estimate of drug-likeness (QED) is 0.734. The lowest BCUT2D eigenvalue weighted by molar-refractivity contribution is 0.0736. The van der Waals surface area contributed by atoms with Gasteiger partial charge < -0.3 is 4.74 Å². The molecule has 0 unspecified atom stereocenters. The zero-order valence-corrected chi connectivity index (χ0v) is 10.0. The fourth-order valence-electron chi connectivity index (χ4n) is 1.43. The van der Waals surface area contributed by atoms with Crippen LogP contribution in [0.1, 0.15) is 29.8 Å². The van der Waals surface area contributed by atoms with E-state index in [2.05, 4.69) is 20.9 Å². The molecule has 0 N–H and O–H groups in total. The van der Waals surface area contributed by atoms with Crippen molar-refractivity contribution in [3.05, 3.63) is 33.8 Å². The molecule has 0 atom stereocenters. The standard InChI is InChI=1S/C11H10BrNO2/c1-6(2)13-10-9-7(11(14)15-10)4-3-5-8(9)12/h3-6H,1-2H3. The lowest BCUT2D eigenvalue weighted by atomic mass is 10.1. The zero-order chi connectivity index (χ0) is 11.0. The molecule has 78 valence electrons. The van der Waals surface area contributed by atoms with Crippen molar-refractivity contribution in [2.75, 3.05) is 0 Å². The number of rotatable bonds is 1. The fraction of sp³-hybridized carbons (Fsp3) is 0.273. The van der Waals surface area contributed by atoms with Gasteiger partial charge >= 0.3 is 5.97 Å². The van der Waals surface area contributed by atoms with Gasteiger partial charge in [0.25, 0.3) is 0 Å². The second kappa shape index (κ2) is 3.77. The van der Waals surface area contributed by atoms with Gasteiger partial charge in [-0.15, -0.1) is 0 Å². The number of benzene rings is 1. The van der Waals surface area contributed by atoms with Gasteiger partial charge in [-0.1, -0.05) is 6.07 Å². The number of ether oxygens (including phenoxy) is 1. The predicted octanol–water partition coefficient (Wildman–Crippen LogP) is 2.77. The second-order valence-electron chi connectivity index (χ2n) is 3.58. The summed E-state index contributed by atoms with van der Waals surface area (Å²) >= 11 is 3.39. The van der Waals surface area contributed by atoms with E-state index in [0.29, 0.717) is 11.5 Å². The molecule has 1 aliphatic rings. The van der Waals surface area contributed by atoms with Crippen LogP contribution in [-0.2, 0) is 4.74 Å². The highest BCUT2D eigenvalue weighted by Gasteiger charge is 2.29. The van der Waals surface area contributed by atoms with Crippen molar-refractivity contribution in [1.29, 1.82) is 0 Å². The van der Waals surface area contributed by atoms with Crippen LogP contribution in [-0.4, -0.2) is 17.9 Å². The number of carbonyl (C=O) groups excluding carboxylic acids is 1. The van der Waals surface area contributed by atoms with E-state index in [4.69, 9.17) is 4.74 Å². The number of carbonyl (C=O) groups is 1. The zero-order valence-electron chi connectivity index (χ0n) is 8.45. The maximum atomic E-state index is 11.5. The van der Waals surface area contributed by atoms with Gasteiger partial charge in [-0.3, -0.25) is 0 Å². The summed E-state index contributed by atoms with van der Waals surface area (Å²) in [5.41, 5.74) is 1.33. The molecule has 0 saturated carbocycles. The number of hydrogen-bond acceptors (Lipinski definition) is 3. The molecule has 1 aromatic rings. The Labute approximate surface area is 96.3 Å². The molecular formula is C11H10BrNO2. The molecule has 0 aliphatic carbocycles. The van der Waals surface area contributed by atoms with Crippen molar-refractivity contribution in [2.24, 2.45) is 4.99 Å². The second-order valence-corrected chi connectivity index (χ2v) is 4.43. The minimum Gasteiger partial charge on any atom is -0.403 e. The van der Waals surface area contributed by atoms with Crippen LogP contribution in [0.2, 0.25) is 0 Å². The smallest absolute Gasteiger partial charge is 0.345 e. The van der Waals surface area contributed by atoms with Crippen LogP contribution in [0.5, 0.6) is 0 Å². The van der Waals surface area contributed by atoms with Crippen molar-refractivity contribution in [3.8, 4) is 0 Å². The van der Waals surface area contributed by atoms with Gasteiger partial charge in [0.2, 0.25) is 5.90 Å². The van der Waals surface area contributed by atoms with E-state index in [1.165, 1.54) is 0 Å². The van der Waals surface area contributed by atoms with Crippen molar-refractivity contribution in [3.63, 3.8) is 0 Å². The minimum absolute atomic E-state index is 0.103. The third-order valence-electron chi connectivity index (χ3n) is 2.01. The van der Waals surface area contributed by atoms with E-state index in [9.17, 15) is 4.79 Å². The van der Waals surface area contributed by atoms with Gasteiger partial charge in [-0.25, -0.2) is 9.79 Å². The monoisotopic (exact) mass is 267 g/mol. The Morgan fingerprint density at radius 2 is 2.13 bits per heavy atom. The number of halogens is 1. The molecule has 1 heterocycles. The van der Waals surface area contributed by atoms with Gasteiger partial charge in [0.15, 0.2) is 0 Å². The first-order valence-corrected chi connectivity index (χ1v) is 5.47. The molecule has 0 bridgehead atoms. The van der Waals surface area contributed by atoms with E-state index in [-0.39, 0.29) is 12.0 Å². The first kappa shape index (κ1) is 10.4. The van der Waals surface area contributed by atoms with Crippen LogP contribution in [0, 0.1) is 0 Å². The Morgan fingerprint density at radius 1 is 1.40 bits per heavy atom. The molecule has 3 nitrogen and oxygen atoms in total. The van der Waals surface area contributed by atoms with Gasteiger partial charge in [-0.05, 0) is 41.9 Å². The summed E-state index contributed by atoms with van der Waals surface area (Å²) in [5, 5.41) is 0. The summed E-state index contributed by atoms with van der Waals surface area (Å²) in [5.74, 6) is 0.0863. The van der Waals surface area contributed by atoms with Gasteiger partial charge in [-0.2, -0.15) is 0 Å². The Balaban J connectivity index is 2.58. The molecule has 2 rings (SSSR count). The van der Waals surface area contributed by atoms with Crippen LogP contribution in [0.15, 0.2) is 27.7 Å². The summed E-state index contributed by atoms with van der Waals surface area (Å²) < 4.78 is 5.94. The van der Waals surface area contributed by atoms with Crippen molar-refractivity contribution >= 4 is 27.8 Å². The van der Waals surface area contributed by atoms with Crippen LogP contribution in [0.4, 0.5) is 0 Å². The molecule has 1 aliphatic heterocycles. The van der Waals surface area contributed by atoms with Crippen molar-refractivity contribution in [2.45, 2.75) is 19.9 Å². The Morgan fingerprint density at radius 3 is 2.80 bits per heavy atom. The number of aliphatic imine (C=N–C) groups is 1. The molecule has 0 saturated heterocycles. The van der Waals surface area contributed by atoms with Crippen molar-refractivity contribution < 1.29 is 9.53 Å². The number of nitrogens with zero attached hydrogens (tertiary/aromatic N) is 1. The maximum absolute atomic E-state index is 11.5. The normalized spacial score (nSPS) is 17.1. The Kier molecular flexibility index (Phi) is 2.61. The summed E-state index contributed by atoms with van der Waals surface area (Å²) in [6.45, 7) is 3.88. The lowest BCUT2D eigenvalue weighted by Gasteiger charge is -2.01. The molecule has 15 heavy (non-hydrogen) atoms. The van der Waals surface area contributed by atoms with E-state index >= 15 is 0 Å². The third kappa shape index (κ3) is 1.81. The summed E-state index contributed by atoms with van der Waals surface area (Å²) in [4.78, 5) is 15.8. The highest BCUT2D eigenvalue weighted by atomic mass is 79.9. The number of fused-ring (bicyclic) bond motifs is 1.